The van der Waals surface area contributed by atoms with Gasteiger partial charge in [-0.25, -0.2) is 0 Å². The maximum absolute atomic E-state index is 12.3. The second-order valence-corrected chi connectivity index (χ2v) is 5.38. The molecular weight excluding hydrogens is 236 g/mol. The van der Waals surface area contributed by atoms with E-state index in [-0.39, 0.29) is 5.91 Å². The molecule has 2 atom stereocenters. The largest absolute Gasteiger partial charge is 0.399 e. The van der Waals surface area contributed by atoms with Crippen LogP contribution < -0.4 is 5.73 Å². The average Bonchev–Trinajstić information content (AvgIpc) is 2.36. The number of likely N-dealkylation sites (tertiary alicyclic amines) is 1. The molecule has 0 aliphatic carbocycles. The van der Waals surface area contributed by atoms with Crippen LogP contribution in [0.1, 0.15) is 38.7 Å². The fourth-order valence-electron chi connectivity index (χ4n) is 2.77. The summed E-state index contributed by atoms with van der Waals surface area (Å²) in [5, 5.41) is 0. The Labute approximate surface area is 115 Å². The smallest absolute Gasteiger partial charge is 0.247 e. The van der Waals surface area contributed by atoms with Crippen molar-refractivity contribution in [1.82, 2.24) is 4.90 Å². The van der Waals surface area contributed by atoms with E-state index in [9.17, 15) is 4.79 Å². The molecule has 19 heavy (non-hydrogen) atoms. The van der Waals surface area contributed by atoms with Gasteiger partial charge in [0.05, 0.1) is 0 Å². The van der Waals surface area contributed by atoms with Gasteiger partial charge >= 0.3 is 0 Å². The quantitative estimate of drug-likeness (QED) is 0.654. The highest BCUT2D eigenvalue weighted by Crippen LogP contribution is 2.23. The van der Waals surface area contributed by atoms with Gasteiger partial charge in [-0.3, -0.25) is 4.79 Å². The third-order valence-corrected chi connectivity index (χ3v) is 3.78. The first-order chi connectivity index (χ1) is 9.08. The summed E-state index contributed by atoms with van der Waals surface area (Å²) in [5.74, 6) is 0.0992. The first kappa shape index (κ1) is 13.7. The lowest BCUT2D eigenvalue weighted by Gasteiger charge is -2.38. The van der Waals surface area contributed by atoms with Crippen LogP contribution in [0.4, 0.5) is 5.69 Å². The minimum atomic E-state index is 0.0992. The molecule has 0 spiro atoms. The molecule has 1 saturated heterocycles. The Kier molecular flexibility index (Phi) is 4.25. The van der Waals surface area contributed by atoms with Crippen LogP contribution in [0.3, 0.4) is 0 Å². The number of nitrogens with two attached hydrogens (primary N) is 1. The van der Waals surface area contributed by atoms with Gasteiger partial charge in [0.2, 0.25) is 5.91 Å². The van der Waals surface area contributed by atoms with E-state index in [2.05, 4.69) is 13.8 Å². The van der Waals surface area contributed by atoms with E-state index in [1.54, 1.807) is 6.08 Å². The van der Waals surface area contributed by atoms with Crippen molar-refractivity contribution in [2.75, 3.05) is 5.73 Å². The molecule has 0 bridgehead atoms. The second kappa shape index (κ2) is 5.91. The number of carbonyl (C=O) groups excluding carboxylic acids is 1. The van der Waals surface area contributed by atoms with Crippen LogP contribution in [0.25, 0.3) is 6.08 Å². The van der Waals surface area contributed by atoms with Crippen LogP contribution in [0.5, 0.6) is 0 Å². The normalized spacial score (nSPS) is 23.8. The number of anilines is 1. The molecule has 1 aliphatic rings. The molecule has 3 nitrogen and oxygen atoms in total. The third kappa shape index (κ3) is 3.37. The summed E-state index contributed by atoms with van der Waals surface area (Å²) >= 11 is 0. The van der Waals surface area contributed by atoms with Crippen molar-refractivity contribution >= 4 is 17.7 Å². The highest BCUT2D eigenvalue weighted by atomic mass is 16.2. The van der Waals surface area contributed by atoms with Crippen LogP contribution in [0.15, 0.2) is 30.3 Å². The predicted octanol–water partition coefficient (Wildman–Crippen LogP) is 3.07. The molecule has 1 amide bonds. The van der Waals surface area contributed by atoms with Gasteiger partial charge in [0.25, 0.3) is 0 Å². The molecule has 0 aromatic heterocycles. The molecule has 1 aromatic rings. The summed E-state index contributed by atoms with van der Waals surface area (Å²) in [7, 11) is 0. The van der Waals surface area contributed by atoms with E-state index in [1.165, 1.54) is 6.42 Å². The molecule has 1 fully saturated rings. The predicted molar refractivity (Wildman–Crippen MR) is 79.5 cm³/mol. The molecule has 1 aromatic carbocycles. The number of amides is 1. The van der Waals surface area contributed by atoms with E-state index in [0.717, 1.165) is 18.4 Å². The topological polar surface area (TPSA) is 46.3 Å². The van der Waals surface area contributed by atoms with E-state index >= 15 is 0 Å². The van der Waals surface area contributed by atoms with Crippen molar-refractivity contribution in [2.45, 2.75) is 45.2 Å². The Balaban J connectivity index is 2.07. The number of carbonyl (C=O) groups is 1. The lowest BCUT2D eigenvalue weighted by atomic mass is 9.97. The van der Waals surface area contributed by atoms with Crippen LogP contribution in [0, 0.1) is 0 Å². The molecule has 2 rings (SSSR count). The Bertz CT molecular complexity index is 471. The van der Waals surface area contributed by atoms with Crippen molar-refractivity contribution in [3.05, 3.63) is 35.9 Å². The molecule has 2 N–H and O–H groups in total. The Hall–Kier alpha value is -1.77. The van der Waals surface area contributed by atoms with Gasteiger partial charge in [-0.1, -0.05) is 12.1 Å². The zero-order valence-corrected chi connectivity index (χ0v) is 11.7. The third-order valence-electron chi connectivity index (χ3n) is 3.78. The first-order valence-electron chi connectivity index (χ1n) is 6.94. The van der Waals surface area contributed by atoms with Crippen molar-refractivity contribution in [3.8, 4) is 0 Å². The summed E-state index contributed by atoms with van der Waals surface area (Å²) in [6.07, 6.45) is 6.91. The van der Waals surface area contributed by atoms with E-state index in [0.29, 0.717) is 17.8 Å². The van der Waals surface area contributed by atoms with Crippen LogP contribution in [0.2, 0.25) is 0 Å². The van der Waals surface area contributed by atoms with E-state index in [1.807, 2.05) is 35.2 Å². The number of nitrogens with zero attached hydrogens (tertiary/aromatic N) is 1. The highest BCUT2D eigenvalue weighted by molar-refractivity contribution is 5.92. The number of rotatable bonds is 2. The van der Waals surface area contributed by atoms with Gasteiger partial charge in [-0.2, -0.15) is 0 Å². The summed E-state index contributed by atoms with van der Waals surface area (Å²) in [4.78, 5) is 14.3. The van der Waals surface area contributed by atoms with Gasteiger partial charge in [0, 0.05) is 23.8 Å². The Morgan fingerprint density at radius 3 is 2.63 bits per heavy atom. The highest BCUT2D eigenvalue weighted by Gasteiger charge is 2.27. The van der Waals surface area contributed by atoms with Crippen molar-refractivity contribution in [3.63, 3.8) is 0 Å². The molecule has 0 saturated carbocycles. The van der Waals surface area contributed by atoms with E-state index in [4.69, 9.17) is 5.73 Å². The molecule has 0 unspecified atom stereocenters. The maximum atomic E-state index is 12.3. The van der Waals surface area contributed by atoms with Crippen molar-refractivity contribution in [2.24, 2.45) is 0 Å². The standard InChI is InChI=1S/C16H22N2O/c1-12-5-3-6-13(2)18(12)16(19)10-9-14-7-4-8-15(17)11-14/h4,7-13H,3,5-6,17H2,1-2H3/b10-9+/t12-,13+. The minimum absolute atomic E-state index is 0.0992. The SMILES string of the molecule is C[C@@H]1CCC[C@H](C)N1C(=O)/C=C/c1cccc(N)c1. The van der Waals surface area contributed by atoms with Gasteiger partial charge in [-0.15, -0.1) is 0 Å². The van der Waals surface area contributed by atoms with Gasteiger partial charge < -0.3 is 10.6 Å². The zero-order valence-electron chi connectivity index (χ0n) is 11.7. The van der Waals surface area contributed by atoms with Crippen LogP contribution in [-0.2, 0) is 4.79 Å². The molecule has 1 aliphatic heterocycles. The lowest BCUT2D eigenvalue weighted by Crippen LogP contribution is -2.46. The average molecular weight is 258 g/mol. The number of benzene rings is 1. The molecule has 0 radical (unpaired) electrons. The van der Waals surface area contributed by atoms with Crippen LogP contribution >= 0.6 is 0 Å². The summed E-state index contributed by atoms with van der Waals surface area (Å²) < 4.78 is 0. The van der Waals surface area contributed by atoms with E-state index < -0.39 is 0 Å². The van der Waals surface area contributed by atoms with Crippen LogP contribution in [-0.4, -0.2) is 22.9 Å². The monoisotopic (exact) mass is 258 g/mol. The first-order valence-corrected chi connectivity index (χ1v) is 6.94. The Morgan fingerprint density at radius 1 is 1.32 bits per heavy atom. The lowest BCUT2D eigenvalue weighted by molar-refractivity contribution is -0.131. The number of piperidine rings is 1. The van der Waals surface area contributed by atoms with Gasteiger partial charge in [0.1, 0.15) is 0 Å². The minimum Gasteiger partial charge on any atom is -0.399 e. The Morgan fingerprint density at radius 2 is 2.00 bits per heavy atom. The molecule has 102 valence electrons. The molecule has 3 heteroatoms. The van der Waals surface area contributed by atoms with Gasteiger partial charge in [0.15, 0.2) is 0 Å². The second-order valence-electron chi connectivity index (χ2n) is 5.38. The number of hydrogen-bond acceptors (Lipinski definition) is 2. The van der Waals surface area contributed by atoms with Crippen molar-refractivity contribution < 1.29 is 4.79 Å². The maximum Gasteiger partial charge on any atom is 0.247 e. The number of hydrogen-bond donors (Lipinski definition) is 1. The fraction of sp³-hybridized carbons (Fsp3) is 0.438. The fourth-order valence-corrected chi connectivity index (χ4v) is 2.77. The summed E-state index contributed by atoms with van der Waals surface area (Å²) in [6.45, 7) is 4.25. The molecular formula is C16H22N2O. The number of nitrogen functional groups attached to an aromatic ring is 1. The molecule has 1 heterocycles. The zero-order chi connectivity index (χ0) is 13.8. The van der Waals surface area contributed by atoms with Crippen molar-refractivity contribution in [1.29, 1.82) is 0 Å². The summed E-state index contributed by atoms with van der Waals surface area (Å²) in [5.41, 5.74) is 7.40. The summed E-state index contributed by atoms with van der Waals surface area (Å²) in [6, 6.07) is 8.22. The van der Waals surface area contributed by atoms with Gasteiger partial charge in [-0.05, 0) is 56.9 Å².